The van der Waals surface area contributed by atoms with E-state index in [1.54, 1.807) is 19.1 Å². The molecule has 8 nitrogen and oxygen atoms in total. The molecule has 1 aromatic heterocycles. The lowest BCUT2D eigenvalue weighted by Crippen LogP contribution is -2.30. The van der Waals surface area contributed by atoms with Gasteiger partial charge in [0, 0.05) is 11.8 Å². The van der Waals surface area contributed by atoms with E-state index in [-0.39, 0.29) is 24.1 Å². The maximum atomic E-state index is 13.9. The van der Waals surface area contributed by atoms with Gasteiger partial charge >= 0.3 is 0 Å². The Kier molecular flexibility index (Phi) is 6.99. The number of hydrogen-bond donors (Lipinski definition) is 0. The third-order valence-electron chi connectivity index (χ3n) is 5.03. The number of ether oxygens (including phenoxy) is 3. The summed E-state index contributed by atoms with van der Waals surface area (Å²) >= 11 is 0. The third-order valence-corrected chi connectivity index (χ3v) is 5.03. The SMILES string of the molecule is COc1ccc(C(OC=O)C(=O)c2cncn(Cc3cccc(F)c3C)c2=O)cc1OC. The number of ketones is 1. The van der Waals surface area contributed by atoms with Gasteiger partial charge in [0.05, 0.1) is 27.1 Å². The normalized spacial score (nSPS) is 11.5. The van der Waals surface area contributed by atoms with Crippen molar-refractivity contribution in [2.24, 2.45) is 0 Å². The summed E-state index contributed by atoms with van der Waals surface area (Å²) in [6, 6.07) is 9.10. The van der Waals surface area contributed by atoms with Crippen molar-refractivity contribution in [1.29, 1.82) is 0 Å². The lowest BCUT2D eigenvalue weighted by molar-refractivity contribution is -0.132. The average Bonchev–Trinajstić information content (AvgIpc) is 2.80. The van der Waals surface area contributed by atoms with Crippen LogP contribution >= 0.6 is 0 Å². The molecule has 0 aliphatic carbocycles. The first-order valence-electron chi connectivity index (χ1n) is 9.55. The fourth-order valence-corrected chi connectivity index (χ4v) is 3.24. The highest BCUT2D eigenvalue weighted by molar-refractivity contribution is 6.00. The zero-order valence-electron chi connectivity index (χ0n) is 17.7. The zero-order valence-corrected chi connectivity index (χ0v) is 17.7. The molecule has 0 saturated heterocycles. The Bertz CT molecular complexity index is 1210. The lowest BCUT2D eigenvalue weighted by atomic mass is 10.0. The van der Waals surface area contributed by atoms with E-state index >= 15 is 0 Å². The molecule has 1 heterocycles. The first kappa shape index (κ1) is 22.7. The van der Waals surface area contributed by atoms with E-state index in [9.17, 15) is 18.8 Å². The predicted octanol–water partition coefficient (Wildman–Crippen LogP) is 2.85. The van der Waals surface area contributed by atoms with Gasteiger partial charge < -0.3 is 14.2 Å². The molecule has 3 aromatic rings. The van der Waals surface area contributed by atoms with Crippen molar-refractivity contribution >= 4 is 12.3 Å². The Balaban J connectivity index is 1.99. The summed E-state index contributed by atoms with van der Waals surface area (Å²) in [5, 5.41) is 0. The molecule has 166 valence electrons. The first-order valence-corrected chi connectivity index (χ1v) is 9.55. The molecule has 0 amide bonds. The van der Waals surface area contributed by atoms with E-state index in [1.807, 2.05) is 0 Å². The largest absolute Gasteiger partial charge is 0.493 e. The summed E-state index contributed by atoms with van der Waals surface area (Å²) in [6.07, 6.45) is 0.977. The molecule has 1 unspecified atom stereocenters. The minimum atomic E-state index is -1.39. The highest BCUT2D eigenvalue weighted by Gasteiger charge is 2.28. The van der Waals surface area contributed by atoms with Crippen LogP contribution in [-0.4, -0.2) is 36.0 Å². The minimum Gasteiger partial charge on any atom is -0.493 e. The van der Waals surface area contributed by atoms with Crippen LogP contribution in [-0.2, 0) is 16.1 Å². The van der Waals surface area contributed by atoms with E-state index in [0.717, 1.165) is 6.20 Å². The third kappa shape index (κ3) is 4.51. The van der Waals surface area contributed by atoms with Crippen molar-refractivity contribution in [2.45, 2.75) is 19.6 Å². The molecule has 0 N–H and O–H groups in total. The van der Waals surface area contributed by atoms with Gasteiger partial charge in [-0.2, -0.15) is 0 Å². The summed E-state index contributed by atoms with van der Waals surface area (Å²) in [7, 11) is 2.88. The first-order chi connectivity index (χ1) is 15.4. The molecular weight excluding hydrogens is 419 g/mol. The summed E-state index contributed by atoms with van der Waals surface area (Å²) < 4.78 is 30.5. The fraction of sp³-hybridized carbons (Fsp3) is 0.217. The number of Topliss-reactive ketones (excluding diaryl/α,β-unsaturated/α-hetero) is 1. The summed E-state index contributed by atoms with van der Waals surface area (Å²) in [5.41, 5.74) is 0.329. The molecule has 1 atom stereocenters. The quantitative estimate of drug-likeness (QED) is 0.373. The van der Waals surface area contributed by atoms with E-state index < -0.39 is 23.3 Å². The Morgan fingerprint density at radius 3 is 2.62 bits per heavy atom. The minimum absolute atomic E-state index is 0.0200. The fourth-order valence-electron chi connectivity index (χ4n) is 3.24. The number of carbonyl (C=O) groups excluding carboxylic acids is 2. The maximum Gasteiger partial charge on any atom is 0.294 e. The second-order valence-corrected chi connectivity index (χ2v) is 6.86. The molecule has 9 heteroatoms. The van der Waals surface area contributed by atoms with Gasteiger partial charge in [-0.3, -0.25) is 19.0 Å². The van der Waals surface area contributed by atoms with Gasteiger partial charge in [-0.1, -0.05) is 18.2 Å². The van der Waals surface area contributed by atoms with E-state index in [4.69, 9.17) is 14.2 Å². The average molecular weight is 440 g/mol. The molecule has 0 bridgehead atoms. The van der Waals surface area contributed by atoms with Crippen molar-refractivity contribution in [3.63, 3.8) is 0 Å². The number of carbonyl (C=O) groups is 2. The van der Waals surface area contributed by atoms with Crippen LogP contribution in [0.25, 0.3) is 0 Å². The summed E-state index contributed by atoms with van der Waals surface area (Å²) in [6.45, 7) is 1.75. The number of benzene rings is 2. The van der Waals surface area contributed by atoms with Crippen molar-refractivity contribution in [2.75, 3.05) is 14.2 Å². The molecule has 32 heavy (non-hydrogen) atoms. The van der Waals surface area contributed by atoms with E-state index in [0.29, 0.717) is 22.6 Å². The van der Waals surface area contributed by atoms with Crippen LogP contribution in [0.3, 0.4) is 0 Å². The Hall–Kier alpha value is -4.01. The molecule has 0 aliphatic rings. The van der Waals surface area contributed by atoms with Crippen LogP contribution in [0.2, 0.25) is 0 Å². The number of hydrogen-bond acceptors (Lipinski definition) is 7. The van der Waals surface area contributed by atoms with Crippen LogP contribution < -0.4 is 15.0 Å². The van der Waals surface area contributed by atoms with Crippen LogP contribution in [0.5, 0.6) is 11.5 Å². The van der Waals surface area contributed by atoms with Crippen LogP contribution in [0.15, 0.2) is 53.7 Å². The monoisotopic (exact) mass is 440 g/mol. The van der Waals surface area contributed by atoms with Gasteiger partial charge in [-0.25, -0.2) is 9.37 Å². The maximum absolute atomic E-state index is 13.9. The van der Waals surface area contributed by atoms with Gasteiger partial charge in [0.25, 0.3) is 12.0 Å². The standard InChI is InChI=1S/C23H21FN2O6/c1-14-16(5-4-6-18(14)24)11-26-12-25-10-17(23(26)29)21(28)22(32-13-27)15-7-8-19(30-2)20(9-15)31-3/h4-10,12-13,22H,11H2,1-3H3. The number of nitrogens with zero attached hydrogens (tertiary/aromatic N) is 2. The molecule has 2 aromatic carbocycles. The summed E-state index contributed by atoms with van der Waals surface area (Å²) in [4.78, 5) is 41.2. The van der Waals surface area contributed by atoms with E-state index in [2.05, 4.69) is 4.98 Å². The topological polar surface area (TPSA) is 96.7 Å². The van der Waals surface area contributed by atoms with Crippen LogP contribution in [0.1, 0.15) is 33.2 Å². The predicted molar refractivity (Wildman–Crippen MR) is 113 cm³/mol. The smallest absolute Gasteiger partial charge is 0.294 e. The highest BCUT2D eigenvalue weighted by Crippen LogP contribution is 2.32. The van der Waals surface area contributed by atoms with Crippen molar-refractivity contribution in [3.05, 3.63) is 87.3 Å². The Labute approximate surface area is 183 Å². The van der Waals surface area contributed by atoms with Crippen molar-refractivity contribution in [3.8, 4) is 11.5 Å². The molecule has 0 fully saturated rings. The van der Waals surface area contributed by atoms with Gasteiger partial charge in [0.15, 0.2) is 17.6 Å². The molecular formula is C23H21FN2O6. The zero-order chi connectivity index (χ0) is 23.3. The highest BCUT2D eigenvalue weighted by atomic mass is 19.1. The number of rotatable bonds is 9. The molecule has 3 rings (SSSR count). The second-order valence-electron chi connectivity index (χ2n) is 6.86. The Morgan fingerprint density at radius 1 is 1.19 bits per heavy atom. The summed E-state index contributed by atoms with van der Waals surface area (Å²) in [5.74, 6) is -0.416. The van der Waals surface area contributed by atoms with E-state index in [1.165, 1.54) is 49.4 Å². The number of halogens is 1. The lowest BCUT2D eigenvalue weighted by Gasteiger charge is -2.17. The molecule has 0 aliphatic heterocycles. The van der Waals surface area contributed by atoms with Gasteiger partial charge in [-0.15, -0.1) is 0 Å². The van der Waals surface area contributed by atoms with Gasteiger partial charge in [0.1, 0.15) is 11.4 Å². The molecule has 0 saturated carbocycles. The second kappa shape index (κ2) is 9.86. The molecule has 0 spiro atoms. The number of aromatic nitrogens is 2. The number of methoxy groups -OCH3 is 2. The van der Waals surface area contributed by atoms with Gasteiger partial charge in [0.2, 0.25) is 5.78 Å². The van der Waals surface area contributed by atoms with Crippen molar-refractivity contribution < 1.29 is 28.2 Å². The van der Waals surface area contributed by atoms with Crippen LogP contribution in [0.4, 0.5) is 4.39 Å². The van der Waals surface area contributed by atoms with Gasteiger partial charge in [-0.05, 0) is 36.2 Å². The Morgan fingerprint density at radius 2 is 1.94 bits per heavy atom. The molecule has 0 radical (unpaired) electrons. The van der Waals surface area contributed by atoms with Crippen molar-refractivity contribution in [1.82, 2.24) is 9.55 Å². The van der Waals surface area contributed by atoms with Crippen LogP contribution in [0, 0.1) is 12.7 Å².